The summed E-state index contributed by atoms with van der Waals surface area (Å²) in [5.74, 6) is -1.64. The number of anilines is 1. The quantitative estimate of drug-likeness (QED) is 0.893. The average molecular weight is 275 g/mol. The molecule has 0 bridgehead atoms. The van der Waals surface area contributed by atoms with Crippen LogP contribution in [0.2, 0.25) is 0 Å². The minimum atomic E-state index is -0.891. The van der Waals surface area contributed by atoms with E-state index in [2.05, 4.69) is 0 Å². The van der Waals surface area contributed by atoms with Gasteiger partial charge in [-0.25, -0.2) is 0 Å². The molecule has 0 radical (unpaired) electrons. The van der Waals surface area contributed by atoms with E-state index in [1.54, 1.807) is 23.1 Å². The van der Waals surface area contributed by atoms with E-state index in [1.807, 2.05) is 6.07 Å². The summed E-state index contributed by atoms with van der Waals surface area (Å²) in [5.41, 5.74) is 1.42. The van der Waals surface area contributed by atoms with E-state index in [-0.39, 0.29) is 12.5 Å². The van der Waals surface area contributed by atoms with Crippen LogP contribution >= 0.6 is 0 Å². The Morgan fingerprint density at radius 3 is 2.75 bits per heavy atom. The summed E-state index contributed by atoms with van der Waals surface area (Å²) in [5, 5.41) is 9.30. The summed E-state index contributed by atoms with van der Waals surface area (Å²) < 4.78 is 5.52. The Labute approximate surface area is 117 Å². The number of hydrogen-bond acceptors (Lipinski definition) is 3. The van der Waals surface area contributed by atoms with Crippen LogP contribution in [-0.2, 0) is 14.3 Å². The molecule has 1 saturated heterocycles. The Kier molecular flexibility index (Phi) is 3.44. The molecule has 0 saturated carbocycles. The first-order valence-corrected chi connectivity index (χ1v) is 6.93. The van der Waals surface area contributed by atoms with Crippen LogP contribution in [-0.4, -0.2) is 36.2 Å². The van der Waals surface area contributed by atoms with Gasteiger partial charge in [-0.15, -0.1) is 0 Å². The molecule has 2 aliphatic rings. The number of ether oxygens (including phenoxy) is 1. The van der Waals surface area contributed by atoms with E-state index in [4.69, 9.17) is 4.74 Å². The van der Waals surface area contributed by atoms with Crippen molar-refractivity contribution in [2.24, 2.45) is 0 Å². The van der Waals surface area contributed by atoms with E-state index in [1.165, 1.54) is 0 Å². The number of aliphatic carboxylic acids is 1. The van der Waals surface area contributed by atoms with Gasteiger partial charge in [-0.1, -0.05) is 18.2 Å². The normalized spacial score (nSPS) is 25.3. The van der Waals surface area contributed by atoms with Gasteiger partial charge >= 0.3 is 5.97 Å². The first-order chi connectivity index (χ1) is 9.68. The van der Waals surface area contributed by atoms with E-state index < -0.39 is 18.0 Å². The second-order valence-electron chi connectivity index (χ2n) is 5.25. The van der Waals surface area contributed by atoms with Gasteiger partial charge in [0.25, 0.3) is 5.91 Å². The van der Waals surface area contributed by atoms with Crippen molar-refractivity contribution in [2.75, 3.05) is 18.1 Å². The summed E-state index contributed by atoms with van der Waals surface area (Å²) >= 11 is 0. The Morgan fingerprint density at radius 2 is 2.05 bits per heavy atom. The molecule has 0 spiro atoms. The smallest absolute Gasteiger partial charge is 0.312 e. The number of para-hydroxylation sites is 1. The lowest BCUT2D eigenvalue weighted by molar-refractivity contribution is -0.138. The van der Waals surface area contributed by atoms with Gasteiger partial charge in [0.2, 0.25) is 0 Å². The van der Waals surface area contributed by atoms with Gasteiger partial charge in [0, 0.05) is 18.8 Å². The topological polar surface area (TPSA) is 66.8 Å². The Hall–Kier alpha value is -1.88. The lowest BCUT2D eigenvalue weighted by Gasteiger charge is -2.27. The molecule has 1 fully saturated rings. The minimum Gasteiger partial charge on any atom is -0.481 e. The Morgan fingerprint density at radius 1 is 1.25 bits per heavy atom. The van der Waals surface area contributed by atoms with E-state index >= 15 is 0 Å². The van der Waals surface area contributed by atoms with Crippen LogP contribution in [0.3, 0.4) is 0 Å². The Balaban J connectivity index is 1.87. The van der Waals surface area contributed by atoms with Crippen molar-refractivity contribution in [3.05, 3.63) is 29.8 Å². The third kappa shape index (κ3) is 2.18. The number of amides is 1. The highest BCUT2D eigenvalue weighted by molar-refractivity contribution is 6.01. The first kappa shape index (κ1) is 13.1. The maximum Gasteiger partial charge on any atom is 0.312 e. The SMILES string of the molecule is O=C(O)C1CN(C(=O)C2CCCCO2)c2ccccc21. The maximum atomic E-state index is 12.5. The predicted octanol–water partition coefficient (Wildman–Crippen LogP) is 1.77. The molecule has 0 aromatic heterocycles. The molecule has 20 heavy (non-hydrogen) atoms. The van der Waals surface area contributed by atoms with Crippen LogP contribution in [0.25, 0.3) is 0 Å². The van der Waals surface area contributed by atoms with E-state index in [9.17, 15) is 14.7 Å². The summed E-state index contributed by atoms with van der Waals surface area (Å²) in [6.07, 6.45) is 2.26. The zero-order valence-electron chi connectivity index (χ0n) is 11.1. The molecule has 2 atom stereocenters. The fraction of sp³-hybridized carbons (Fsp3) is 0.467. The largest absolute Gasteiger partial charge is 0.481 e. The lowest BCUT2D eigenvalue weighted by Crippen LogP contribution is -2.41. The highest BCUT2D eigenvalue weighted by atomic mass is 16.5. The molecule has 1 aromatic rings. The van der Waals surface area contributed by atoms with Crippen LogP contribution in [0.1, 0.15) is 30.7 Å². The van der Waals surface area contributed by atoms with Crippen LogP contribution in [0.4, 0.5) is 5.69 Å². The third-order valence-corrected chi connectivity index (χ3v) is 3.99. The number of hydrogen-bond donors (Lipinski definition) is 1. The molecular formula is C15H17NO4. The minimum absolute atomic E-state index is 0.110. The highest BCUT2D eigenvalue weighted by Crippen LogP contribution is 2.37. The molecule has 1 N–H and O–H groups in total. The number of rotatable bonds is 2. The summed E-state index contributed by atoms with van der Waals surface area (Å²) in [4.78, 5) is 25.5. The summed E-state index contributed by atoms with van der Waals surface area (Å²) in [6, 6.07) is 7.22. The highest BCUT2D eigenvalue weighted by Gasteiger charge is 2.39. The van der Waals surface area contributed by atoms with Gasteiger partial charge in [0.1, 0.15) is 12.0 Å². The molecular weight excluding hydrogens is 258 g/mol. The van der Waals surface area contributed by atoms with Crippen molar-refractivity contribution in [2.45, 2.75) is 31.3 Å². The zero-order valence-corrected chi connectivity index (χ0v) is 11.1. The second-order valence-corrected chi connectivity index (χ2v) is 5.25. The number of benzene rings is 1. The number of carboxylic acids is 1. The van der Waals surface area contributed by atoms with Gasteiger partial charge in [-0.05, 0) is 30.9 Å². The number of carbonyl (C=O) groups is 2. The molecule has 5 heteroatoms. The van der Waals surface area contributed by atoms with Crippen LogP contribution < -0.4 is 4.90 Å². The van der Waals surface area contributed by atoms with Gasteiger partial charge < -0.3 is 14.7 Å². The van der Waals surface area contributed by atoms with Gasteiger partial charge in [-0.3, -0.25) is 9.59 Å². The van der Waals surface area contributed by atoms with Crippen molar-refractivity contribution in [3.8, 4) is 0 Å². The van der Waals surface area contributed by atoms with Crippen LogP contribution in [0, 0.1) is 0 Å². The molecule has 1 aromatic carbocycles. The first-order valence-electron chi connectivity index (χ1n) is 6.93. The summed E-state index contributed by atoms with van der Waals surface area (Å²) in [6.45, 7) is 0.807. The van der Waals surface area contributed by atoms with Crippen molar-refractivity contribution in [1.82, 2.24) is 0 Å². The predicted molar refractivity (Wildman–Crippen MR) is 72.8 cm³/mol. The molecule has 2 unspecified atom stereocenters. The fourth-order valence-corrected chi connectivity index (χ4v) is 2.94. The maximum absolute atomic E-state index is 12.5. The molecule has 0 aliphatic carbocycles. The molecule has 106 valence electrons. The number of nitrogens with zero attached hydrogens (tertiary/aromatic N) is 1. The molecule has 1 amide bonds. The fourth-order valence-electron chi connectivity index (χ4n) is 2.94. The van der Waals surface area contributed by atoms with E-state index in [0.29, 0.717) is 17.9 Å². The Bertz CT molecular complexity index is 536. The molecule has 3 rings (SSSR count). The second kappa shape index (κ2) is 5.25. The van der Waals surface area contributed by atoms with Crippen molar-refractivity contribution < 1.29 is 19.4 Å². The standard InChI is InChI=1S/C15H17NO4/c17-14(13-7-3-4-8-20-13)16-9-11(15(18)19)10-5-1-2-6-12(10)16/h1-2,5-6,11,13H,3-4,7-9H2,(H,18,19). The number of carboxylic acid groups (broad SMARTS) is 1. The van der Waals surface area contributed by atoms with Gasteiger partial charge in [0.15, 0.2) is 0 Å². The third-order valence-electron chi connectivity index (χ3n) is 3.99. The van der Waals surface area contributed by atoms with E-state index in [0.717, 1.165) is 19.3 Å². The monoisotopic (exact) mass is 275 g/mol. The van der Waals surface area contributed by atoms with Crippen LogP contribution in [0.5, 0.6) is 0 Å². The van der Waals surface area contributed by atoms with Crippen molar-refractivity contribution in [1.29, 1.82) is 0 Å². The summed E-state index contributed by atoms with van der Waals surface area (Å²) in [7, 11) is 0. The lowest BCUT2D eigenvalue weighted by atomic mass is 10.0. The molecule has 2 heterocycles. The van der Waals surface area contributed by atoms with Crippen LogP contribution in [0.15, 0.2) is 24.3 Å². The molecule has 5 nitrogen and oxygen atoms in total. The van der Waals surface area contributed by atoms with Gasteiger partial charge in [0.05, 0.1) is 0 Å². The van der Waals surface area contributed by atoms with Gasteiger partial charge in [-0.2, -0.15) is 0 Å². The average Bonchev–Trinajstić information content (AvgIpc) is 2.87. The number of carbonyl (C=O) groups excluding carboxylic acids is 1. The number of fused-ring (bicyclic) bond motifs is 1. The van der Waals surface area contributed by atoms with Crippen molar-refractivity contribution >= 4 is 17.6 Å². The zero-order chi connectivity index (χ0) is 14.1. The van der Waals surface area contributed by atoms with Crippen molar-refractivity contribution in [3.63, 3.8) is 0 Å². The molecule has 2 aliphatic heterocycles.